The van der Waals surface area contributed by atoms with Crippen LogP contribution >= 0.6 is 0 Å². The Labute approximate surface area is 144 Å². The lowest BCUT2D eigenvalue weighted by Crippen LogP contribution is -2.11. The fraction of sp³-hybridized carbons (Fsp3) is 0.150. The van der Waals surface area contributed by atoms with Crippen molar-refractivity contribution in [1.82, 2.24) is 9.97 Å². The van der Waals surface area contributed by atoms with Gasteiger partial charge in [-0.1, -0.05) is 18.2 Å². The maximum Gasteiger partial charge on any atom is 0.256 e. The van der Waals surface area contributed by atoms with Crippen molar-refractivity contribution in [2.24, 2.45) is 0 Å². The number of benzene rings is 2. The molecule has 0 aliphatic rings. The van der Waals surface area contributed by atoms with Crippen molar-refractivity contribution in [2.45, 2.75) is 6.92 Å². The molecule has 5 nitrogen and oxygen atoms in total. The number of hydrogen-bond acceptors (Lipinski definition) is 3. The van der Waals surface area contributed by atoms with Gasteiger partial charge < -0.3 is 19.4 Å². The fourth-order valence-corrected chi connectivity index (χ4v) is 3.44. The van der Waals surface area contributed by atoms with E-state index in [-0.39, 0.29) is 5.56 Å². The van der Waals surface area contributed by atoms with Gasteiger partial charge in [-0.3, -0.25) is 4.79 Å². The van der Waals surface area contributed by atoms with Gasteiger partial charge >= 0.3 is 0 Å². The molecule has 5 heteroatoms. The van der Waals surface area contributed by atoms with Crippen LogP contribution < -0.4 is 15.0 Å². The highest BCUT2D eigenvalue weighted by atomic mass is 16.5. The van der Waals surface area contributed by atoms with Gasteiger partial charge in [0, 0.05) is 40.2 Å². The first kappa shape index (κ1) is 15.3. The third-order valence-electron chi connectivity index (χ3n) is 4.62. The molecular weight excluding hydrogens is 316 g/mol. The number of methoxy groups -OCH3 is 2. The summed E-state index contributed by atoms with van der Waals surface area (Å²) in [5.74, 6) is 1.31. The molecule has 4 aromatic rings. The first-order chi connectivity index (χ1) is 12.1. The van der Waals surface area contributed by atoms with Crippen LogP contribution in [-0.2, 0) is 0 Å². The van der Waals surface area contributed by atoms with Crippen molar-refractivity contribution < 1.29 is 9.47 Å². The van der Waals surface area contributed by atoms with E-state index in [0.717, 1.165) is 27.4 Å². The van der Waals surface area contributed by atoms with Gasteiger partial charge in [0.05, 0.1) is 25.3 Å². The lowest BCUT2D eigenvalue weighted by Gasteiger charge is -2.13. The number of rotatable bonds is 3. The molecule has 2 aromatic heterocycles. The summed E-state index contributed by atoms with van der Waals surface area (Å²) in [6, 6.07) is 11.6. The minimum absolute atomic E-state index is 0.134. The lowest BCUT2D eigenvalue weighted by molar-refractivity contribution is 0.397. The topological polar surface area (TPSA) is 67.1 Å². The normalized spacial score (nSPS) is 11.2. The summed E-state index contributed by atoms with van der Waals surface area (Å²) in [7, 11) is 3.20. The van der Waals surface area contributed by atoms with E-state index >= 15 is 0 Å². The summed E-state index contributed by atoms with van der Waals surface area (Å²) in [5.41, 5.74) is 3.97. The number of aryl methyl sites for hydroxylation is 1. The van der Waals surface area contributed by atoms with Gasteiger partial charge in [-0.25, -0.2) is 0 Å². The molecule has 4 rings (SSSR count). The highest BCUT2D eigenvalue weighted by molar-refractivity contribution is 6.00. The van der Waals surface area contributed by atoms with Crippen molar-refractivity contribution in [3.05, 3.63) is 58.5 Å². The van der Waals surface area contributed by atoms with Gasteiger partial charge in [0.25, 0.3) is 5.56 Å². The highest BCUT2D eigenvalue weighted by Crippen LogP contribution is 2.36. The maximum atomic E-state index is 12.8. The van der Waals surface area contributed by atoms with E-state index in [0.29, 0.717) is 22.6 Å². The fourth-order valence-electron chi connectivity index (χ4n) is 3.44. The molecule has 0 unspecified atom stereocenters. The van der Waals surface area contributed by atoms with E-state index in [2.05, 4.69) is 9.97 Å². The molecular formula is C20H18N2O3. The standard InChI is InChI=1S/C20H18N2O3/c1-11-18(14-10-21-15-7-5-4-6-13(14)15)20(23)22-16-8-12(24-2)9-17(25-3)19(11)16/h4-10,21H,1-3H3,(H,22,23). The molecule has 2 N–H and O–H groups in total. The highest BCUT2D eigenvalue weighted by Gasteiger charge is 2.18. The predicted octanol–water partition coefficient (Wildman–Crippen LogP) is 4.00. The number of pyridine rings is 1. The number of nitrogens with one attached hydrogen (secondary N) is 2. The average molecular weight is 334 g/mol. The van der Waals surface area contributed by atoms with Crippen LogP contribution in [0.15, 0.2) is 47.4 Å². The smallest absolute Gasteiger partial charge is 0.256 e. The molecule has 0 atom stereocenters. The Bertz CT molecular complexity index is 1150. The van der Waals surface area contributed by atoms with Crippen molar-refractivity contribution in [3.8, 4) is 22.6 Å². The SMILES string of the molecule is COc1cc(OC)c2c(C)c(-c3c[nH]c4ccccc34)c(=O)[nH]c2c1. The largest absolute Gasteiger partial charge is 0.497 e. The zero-order valence-corrected chi connectivity index (χ0v) is 14.3. The molecule has 0 radical (unpaired) electrons. The van der Waals surface area contributed by atoms with E-state index < -0.39 is 0 Å². The van der Waals surface area contributed by atoms with Crippen LogP contribution in [0.3, 0.4) is 0 Å². The molecule has 0 aliphatic heterocycles. The van der Waals surface area contributed by atoms with Gasteiger partial charge in [-0.05, 0) is 18.6 Å². The molecule has 0 saturated carbocycles. The Kier molecular flexibility index (Phi) is 3.50. The third kappa shape index (κ3) is 2.28. The number of ether oxygens (including phenoxy) is 2. The Hall–Kier alpha value is -3.21. The number of aromatic nitrogens is 2. The number of aromatic amines is 2. The summed E-state index contributed by atoms with van der Waals surface area (Å²) in [4.78, 5) is 19.0. The van der Waals surface area contributed by atoms with Crippen LogP contribution in [0.2, 0.25) is 0 Å². The Balaban J connectivity index is 2.10. The minimum atomic E-state index is -0.134. The first-order valence-corrected chi connectivity index (χ1v) is 7.99. The van der Waals surface area contributed by atoms with E-state index in [1.807, 2.05) is 49.5 Å². The van der Waals surface area contributed by atoms with E-state index in [4.69, 9.17) is 9.47 Å². The van der Waals surface area contributed by atoms with Gasteiger partial charge in [-0.15, -0.1) is 0 Å². The molecule has 126 valence electrons. The van der Waals surface area contributed by atoms with E-state index in [1.165, 1.54) is 0 Å². The Morgan fingerprint density at radius 3 is 2.56 bits per heavy atom. The maximum absolute atomic E-state index is 12.8. The Morgan fingerprint density at radius 2 is 1.80 bits per heavy atom. The molecule has 2 heterocycles. The summed E-state index contributed by atoms with van der Waals surface area (Å²) in [6.07, 6.45) is 1.88. The second-order valence-electron chi connectivity index (χ2n) is 5.95. The van der Waals surface area contributed by atoms with Gasteiger partial charge in [0.2, 0.25) is 0 Å². The van der Waals surface area contributed by atoms with Crippen LogP contribution in [0.4, 0.5) is 0 Å². The molecule has 0 aliphatic carbocycles. The van der Waals surface area contributed by atoms with Crippen LogP contribution in [0.5, 0.6) is 11.5 Å². The summed E-state index contributed by atoms with van der Waals surface area (Å²) in [5, 5.41) is 1.89. The van der Waals surface area contributed by atoms with Crippen LogP contribution in [0.1, 0.15) is 5.56 Å². The molecule has 0 saturated heterocycles. The van der Waals surface area contributed by atoms with Crippen molar-refractivity contribution in [2.75, 3.05) is 14.2 Å². The molecule has 0 bridgehead atoms. The van der Waals surface area contributed by atoms with Gasteiger partial charge in [-0.2, -0.15) is 0 Å². The van der Waals surface area contributed by atoms with Crippen molar-refractivity contribution in [3.63, 3.8) is 0 Å². The molecule has 25 heavy (non-hydrogen) atoms. The monoisotopic (exact) mass is 334 g/mol. The first-order valence-electron chi connectivity index (χ1n) is 7.99. The van der Waals surface area contributed by atoms with E-state index in [1.54, 1.807) is 14.2 Å². The number of H-pyrrole nitrogens is 2. The van der Waals surface area contributed by atoms with Crippen LogP contribution in [0.25, 0.3) is 32.9 Å². The zero-order chi connectivity index (χ0) is 17.6. The number of para-hydroxylation sites is 1. The Morgan fingerprint density at radius 1 is 1.00 bits per heavy atom. The molecule has 0 fully saturated rings. The molecule has 0 amide bonds. The number of fused-ring (bicyclic) bond motifs is 2. The van der Waals surface area contributed by atoms with Gasteiger partial charge in [0.1, 0.15) is 11.5 Å². The quantitative estimate of drug-likeness (QED) is 0.595. The predicted molar refractivity (Wildman–Crippen MR) is 99.7 cm³/mol. The molecule has 2 aromatic carbocycles. The summed E-state index contributed by atoms with van der Waals surface area (Å²) in [6.45, 7) is 1.95. The molecule has 0 spiro atoms. The zero-order valence-electron chi connectivity index (χ0n) is 14.3. The second kappa shape index (κ2) is 5.70. The van der Waals surface area contributed by atoms with Gasteiger partial charge in [0.15, 0.2) is 0 Å². The number of hydrogen-bond donors (Lipinski definition) is 2. The minimum Gasteiger partial charge on any atom is -0.497 e. The van der Waals surface area contributed by atoms with Crippen molar-refractivity contribution >= 4 is 21.8 Å². The average Bonchev–Trinajstić information content (AvgIpc) is 3.04. The second-order valence-corrected chi connectivity index (χ2v) is 5.95. The summed E-state index contributed by atoms with van der Waals surface area (Å²) >= 11 is 0. The van der Waals surface area contributed by atoms with E-state index in [9.17, 15) is 4.79 Å². The summed E-state index contributed by atoms with van der Waals surface area (Å²) < 4.78 is 10.8. The third-order valence-corrected chi connectivity index (χ3v) is 4.62. The van der Waals surface area contributed by atoms with Crippen LogP contribution in [0, 0.1) is 6.92 Å². The van der Waals surface area contributed by atoms with Crippen LogP contribution in [-0.4, -0.2) is 24.2 Å². The lowest BCUT2D eigenvalue weighted by atomic mass is 9.97. The van der Waals surface area contributed by atoms with Crippen molar-refractivity contribution in [1.29, 1.82) is 0 Å².